The molecule has 3 unspecified atom stereocenters. The minimum atomic E-state index is 0.628. The number of thiophene rings is 1. The molecule has 2 rings (SSSR count). The van der Waals surface area contributed by atoms with E-state index in [9.17, 15) is 0 Å². The van der Waals surface area contributed by atoms with Crippen molar-refractivity contribution in [2.45, 2.75) is 52.2 Å². The quantitative estimate of drug-likeness (QED) is 0.884. The van der Waals surface area contributed by atoms with Gasteiger partial charge in [-0.1, -0.05) is 38.8 Å². The SMILES string of the molecule is CCC(C)C1CN(Cc2ccc(Cl)s2)C(CC)CN1. The molecule has 0 bridgehead atoms. The van der Waals surface area contributed by atoms with Crippen LogP contribution in [0.5, 0.6) is 0 Å². The molecule has 2 heterocycles. The van der Waals surface area contributed by atoms with Crippen molar-refractivity contribution >= 4 is 22.9 Å². The first-order valence-corrected chi connectivity index (χ1v) is 8.55. The van der Waals surface area contributed by atoms with Crippen LogP contribution in [-0.2, 0) is 6.54 Å². The highest BCUT2D eigenvalue weighted by molar-refractivity contribution is 7.16. The van der Waals surface area contributed by atoms with Crippen LogP contribution in [0.4, 0.5) is 0 Å². The van der Waals surface area contributed by atoms with E-state index in [1.165, 1.54) is 17.7 Å². The summed E-state index contributed by atoms with van der Waals surface area (Å²) in [5.41, 5.74) is 0. The Labute approximate surface area is 126 Å². The number of hydrogen-bond acceptors (Lipinski definition) is 3. The van der Waals surface area contributed by atoms with Crippen molar-refractivity contribution in [2.75, 3.05) is 13.1 Å². The van der Waals surface area contributed by atoms with Crippen molar-refractivity contribution in [3.05, 3.63) is 21.3 Å². The first kappa shape index (κ1) is 15.3. The Kier molecular flexibility index (Phi) is 5.70. The van der Waals surface area contributed by atoms with Gasteiger partial charge in [-0.05, 0) is 24.5 Å². The van der Waals surface area contributed by atoms with Gasteiger partial charge in [0.1, 0.15) is 0 Å². The van der Waals surface area contributed by atoms with Gasteiger partial charge in [-0.25, -0.2) is 0 Å². The summed E-state index contributed by atoms with van der Waals surface area (Å²) >= 11 is 7.75. The van der Waals surface area contributed by atoms with Gasteiger partial charge in [0.05, 0.1) is 4.34 Å². The average molecular weight is 301 g/mol. The maximum Gasteiger partial charge on any atom is 0.0931 e. The van der Waals surface area contributed by atoms with Gasteiger partial charge in [-0.3, -0.25) is 4.90 Å². The van der Waals surface area contributed by atoms with Crippen LogP contribution in [0.25, 0.3) is 0 Å². The van der Waals surface area contributed by atoms with Gasteiger partial charge in [0.2, 0.25) is 0 Å². The molecule has 0 aromatic carbocycles. The van der Waals surface area contributed by atoms with Crippen molar-refractivity contribution in [3.63, 3.8) is 0 Å². The van der Waals surface area contributed by atoms with Gasteiger partial charge in [0.15, 0.2) is 0 Å². The zero-order valence-corrected chi connectivity index (χ0v) is 13.7. The van der Waals surface area contributed by atoms with E-state index in [1.807, 2.05) is 6.07 Å². The summed E-state index contributed by atoms with van der Waals surface area (Å²) in [5, 5.41) is 3.73. The fraction of sp³-hybridized carbons (Fsp3) is 0.733. The van der Waals surface area contributed by atoms with Crippen molar-refractivity contribution in [3.8, 4) is 0 Å². The molecule has 1 N–H and O–H groups in total. The lowest BCUT2D eigenvalue weighted by atomic mass is 9.95. The minimum Gasteiger partial charge on any atom is -0.311 e. The number of piperazine rings is 1. The molecule has 0 saturated carbocycles. The third kappa shape index (κ3) is 3.94. The second-order valence-corrected chi connectivity index (χ2v) is 7.40. The molecule has 108 valence electrons. The number of halogens is 1. The molecule has 0 amide bonds. The summed E-state index contributed by atoms with van der Waals surface area (Å²) in [6, 6.07) is 5.46. The Morgan fingerprint density at radius 3 is 2.84 bits per heavy atom. The maximum atomic E-state index is 6.04. The molecule has 4 heteroatoms. The molecule has 1 aromatic heterocycles. The smallest absolute Gasteiger partial charge is 0.0931 e. The molecule has 1 aromatic rings. The fourth-order valence-electron chi connectivity index (χ4n) is 2.78. The van der Waals surface area contributed by atoms with E-state index in [4.69, 9.17) is 11.6 Å². The lowest BCUT2D eigenvalue weighted by molar-refractivity contribution is 0.100. The lowest BCUT2D eigenvalue weighted by Crippen LogP contribution is -2.57. The number of nitrogens with one attached hydrogen (secondary N) is 1. The molecular formula is C15H25ClN2S. The topological polar surface area (TPSA) is 15.3 Å². The summed E-state index contributed by atoms with van der Waals surface area (Å²) in [5.74, 6) is 0.743. The van der Waals surface area contributed by atoms with Crippen LogP contribution in [0, 0.1) is 5.92 Å². The largest absolute Gasteiger partial charge is 0.311 e. The summed E-state index contributed by atoms with van der Waals surface area (Å²) < 4.78 is 0.900. The molecule has 1 aliphatic rings. The standard InChI is InChI=1S/C15H25ClN2S/c1-4-11(3)14-10-18(12(5-2)8-17-14)9-13-6-7-15(16)19-13/h6-7,11-12,14,17H,4-5,8-10H2,1-3H3. The average Bonchev–Trinajstić information content (AvgIpc) is 2.83. The summed E-state index contributed by atoms with van der Waals surface area (Å²) in [4.78, 5) is 4.02. The van der Waals surface area contributed by atoms with E-state index in [2.05, 4.69) is 37.1 Å². The van der Waals surface area contributed by atoms with Crippen LogP contribution in [0.15, 0.2) is 12.1 Å². The van der Waals surface area contributed by atoms with Gasteiger partial charge in [-0.15, -0.1) is 11.3 Å². The van der Waals surface area contributed by atoms with E-state index in [-0.39, 0.29) is 0 Å². The normalized spacial score (nSPS) is 26.5. The van der Waals surface area contributed by atoms with Crippen molar-refractivity contribution in [2.24, 2.45) is 5.92 Å². The first-order valence-electron chi connectivity index (χ1n) is 7.35. The van der Waals surface area contributed by atoms with E-state index >= 15 is 0 Å². The van der Waals surface area contributed by atoms with Gasteiger partial charge < -0.3 is 5.32 Å². The molecule has 1 fully saturated rings. The van der Waals surface area contributed by atoms with Crippen molar-refractivity contribution < 1.29 is 0 Å². The molecule has 0 radical (unpaired) electrons. The second kappa shape index (κ2) is 7.07. The molecule has 1 aliphatic heterocycles. The third-order valence-corrected chi connectivity index (χ3v) is 5.57. The monoisotopic (exact) mass is 300 g/mol. The Morgan fingerprint density at radius 1 is 1.47 bits per heavy atom. The molecule has 3 atom stereocenters. The predicted molar refractivity (Wildman–Crippen MR) is 85.1 cm³/mol. The summed E-state index contributed by atoms with van der Waals surface area (Å²) in [7, 11) is 0. The summed E-state index contributed by atoms with van der Waals surface area (Å²) in [6.45, 7) is 10.2. The molecular weight excluding hydrogens is 276 g/mol. The lowest BCUT2D eigenvalue weighted by Gasteiger charge is -2.42. The molecule has 19 heavy (non-hydrogen) atoms. The van der Waals surface area contributed by atoms with E-state index in [1.54, 1.807) is 11.3 Å². The van der Waals surface area contributed by atoms with Gasteiger partial charge in [0, 0.05) is 36.6 Å². The Morgan fingerprint density at radius 2 is 2.26 bits per heavy atom. The highest BCUT2D eigenvalue weighted by atomic mass is 35.5. The Bertz CT molecular complexity index is 393. The maximum absolute atomic E-state index is 6.04. The highest BCUT2D eigenvalue weighted by Crippen LogP contribution is 2.25. The van der Waals surface area contributed by atoms with E-state index in [0.29, 0.717) is 12.1 Å². The van der Waals surface area contributed by atoms with Crippen molar-refractivity contribution in [1.82, 2.24) is 10.2 Å². The molecule has 1 saturated heterocycles. The Balaban J connectivity index is 2.01. The molecule has 0 spiro atoms. The predicted octanol–water partition coefficient (Wildman–Crippen LogP) is 4.00. The second-order valence-electron chi connectivity index (χ2n) is 5.60. The highest BCUT2D eigenvalue weighted by Gasteiger charge is 2.29. The third-order valence-electron chi connectivity index (χ3n) is 4.35. The first-order chi connectivity index (χ1) is 9.13. The molecule has 0 aliphatic carbocycles. The van der Waals surface area contributed by atoms with Gasteiger partial charge >= 0.3 is 0 Å². The van der Waals surface area contributed by atoms with Crippen molar-refractivity contribution in [1.29, 1.82) is 0 Å². The van der Waals surface area contributed by atoms with E-state index < -0.39 is 0 Å². The number of rotatable bonds is 5. The zero-order chi connectivity index (χ0) is 13.8. The fourth-order valence-corrected chi connectivity index (χ4v) is 3.89. The van der Waals surface area contributed by atoms with E-state index in [0.717, 1.165) is 29.9 Å². The van der Waals surface area contributed by atoms with Crippen LogP contribution in [0.3, 0.4) is 0 Å². The minimum absolute atomic E-state index is 0.628. The van der Waals surface area contributed by atoms with Crippen LogP contribution in [0.2, 0.25) is 4.34 Å². The molecule has 2 nitrogen and oxygen atoms in total. The zero-order valence-electron chi connectivity index (χ0n) is 12.2. The number of hydrogen-bond donors (Lipinski definition) is 1. The van der Waals surface area contributed by atoms with Gasteiger partial charge in [-0.2, -0.15) is 0 Å². The summed E-state index contributed by atoms with van der Waals surface area (Å²) in [6.07, 6.45) is 2.45. The van der Waals surface area contributed by atoms with Crippen LogP contribution >= 0.6 is 22.9 Å². The van der Waals surface area contributed by atoms with Gasteiger partial charge in [0.25, 0.3) is 0 Å². The number of nitrogens with zero attached hydrogens (tertiary/aromatic N) is 1. The van der Waals surface area contributed by atoms with Crippen LogP contribution in [-0.4, -0.2) is 30.1 Å². The van der Waals surface area contributed by atoms with Crippen LogP contribution in [0.1, 0.15) is 38.5 Å². The Hall–Kier alpha value is -0.0900. The van der Waals surface area contributed by atoms with Crippen LogP contribution < -0.4 is 5.32 Å².